The maximum absolute atomic E-state index is 14.6. The molecule has 5 aromatic carbocycles. The van der Waals surface area contributed by atoms with Crippen molar-refractivity contribution in [3.05, 3.63) is 58.0 Å². The van der Waals surface area contributed by atoms with Crippen LogP contribution < -0.4 is 0 Å². The summed E-state index contributed by atoms with van der Waals surface area (Å²) >= 11 is 30.9. The van der Waals surface area contributed by atoms with Crippen molar-refractivity contribution < 1.29 is 19.2 Å². The molecule has 0 unspecified atom stereocenters. The molecule has 4 amide bonds. The maximum atomic E-state index is 14.6. The Kier molecular flexibility index (Phi) is 8.83. The van der Waals surface area contributed by atoms with Gasteiger partial charge in [-0.2, -0.15) is 0 Å². The first-order valence-electron chi connectivity index (χ1n) is 16.4. The van der Waals surface area contributed by atoms with Gasteiger partial charge in [-0.15, -0.1) is 0 Å². The Hall–Kier alpha value is -0.480. The van der Waals surface area contributed by atoms with Crippen molar-refractivity contribution in [2.75, 3.05) is 0 Å². The monoisotopic (exact) mass is 1180 g/mol. The van der Waals surface area contributed by atoms with Gasteiger partial charge in [-0.1, -0.05) is 38.5 Å². The number of carbonyl (C=O) groups is 4. The summed E-state index contributed by atoms with van der Waals surface area (Å²) in [5, 5.41) is 5.53. The van der Waals surface area contributed by atoms with Crippen molar-refractivity contribution >= 4 is 194 Å². The van der Waals surface area contributed by atoms with Crippen LogP contribution in [0.15, 0.2) is 35.8 Å². The van der Waals surface area contributed by atoms with Crippen LogP contribution >= 0.6 is 127 Å². The molecule has 0 bridgehead atoms. The molecule has 14 heteroatoms. The lowest BCUT2D eigenvalue weighted by Crippen LogP contribution is -2.48. The van der Waals surface area contributed by atoms with E-state index in [0.29, 0.717) is 68.8 Å². The fourth-order valence-electron chi connectivity index (χ4n) is 9.01. The lowest BCUT2D eigenvalue weighted by Gasteiger charge is -2.38. The Morgan fingerprint density at radius 2 is 0.560 bits per heavy atom. The molecule has 0 spiro atoms. The number of nitrogens with zero attached hydrogens (tertiary/aromatic N) is 2. The van der Waals surface area contributed by atoms with E-state index in [2.05, 4.69) is 127 Å². The molecule has 2 aliphatic heterocycles. The number of benzene rings is 5. The summed E-state index contributed by atoms with van der Waals surface area (Å²) in [6.07, 6.45) is 9.18. The molecule has 0 radical (unpaired) electrons. The summed E-state index contributed by atoms with van der Waals surface area (Å²) in [5.41, 5.74) is 1.72. The lowest BCUT2D eigenvalue weighted by atomic mass is 9.81. The van der Waals surface area contributed by atoms with Gasteiger partial charge in [-0.25, -0.2) is 0 Å². The molecule has 0 saturated heterocycles. The van der Waals surface area contributed by atoms with Crippen molar-refractivity contribution in [2.24, 2.45) is 0 Å². The standard InChI is InChI=1S/C36H22Br8N2O4/c37-25-17-13-15-21(29(25)41)33(47)45(11-7-3-1-4-8-11)34(48)22(15)30(42)26(38)18(13)20-14-16-23(31(43)27(39)19(14)17)35(49)46(12-9-5-2-6-10-12)36(50)24(16)32(44)28(20)40/h11-12H,1-10H2. The van der Waals surface area contributed by atoms with E-state index < -0.39 is 0 Å². The number of rotatable bonds is 2. The summed E-state index contributed by atoms with van der Waals surface area (Å²) in [4.78, 5) is 61.2. The number of imide groups is 2. The van der Waals surface area contributed by atoms with Crippen molar-refractivity contribution in [3.8, 4) is 0 Å². The maximum Gasteiger partial charge on any atom is 0.262 e. The number of fused-ring (bicyclic) bond motifs is 2. The SMILES string of the molecule is O=C1c2c(Br)c(Br)c3c4c(Br)c(Br)c5c6c(c(Br)c(Br)c(c7c(Br)c(Br)c(c2c37)C(=O)N1C1CCCCC1)c64)C(=O)N(C1CCCCC1)C5=O. The number of amides is 4. The van der Waals surface area contributed by atoms with Crippen LogP contribution in [0.1, 0.15) is 106 Å². The van der Waals surface area contributed by atoms with Gasteiger partial charge < -0.3 is 0 Å². The smallest absolute Gasteiger partial charge is 0.262 e. The third-order valence-corrected chi connectivity index (χ3v) is 19.6. The number of hydrogen-bond acceptors (Lipinski definition) is 4. The highest BCUT2D eigenvalue weighted by atomic mass is 79.9. The minimum absolute atomic E-state index is 0.175. The lowest BCUT2D eigenvalue weighted by molar-refractivity contribution is 0.0486. The Morgan fingerprint density at radius 1 is 0.320 bits per heavy atom. The van der Waals surface area contributed by atoms with E-state index in [-0.39, 0.29) is 35.7 Å². The van der Waals surface area contributed by atoms with E-state index in [1.165, 1.54) is 9.80 Å². The van der Waals surface area contributed by atoms with Crippen molar-refractivity contribution in [1.82, 2.24) is 9.80 Å². The summed E-state index contributed by atoms with van der Waals surface area (Å²) in [6, 6.07) is -0.350. The van der Waals surface area contributed by atoms with Gasteiger partial charge in [0, 0.05) is 91.0 Å². The summed E-state index contributed by atoms with van der Waals surface area (Å²) in [7, 11) is 0. The van der Waals surface area contributed by atoms with E-state index in [1.54, 1.807) is 0 Å². The van der Waals surface area contributed by atoms with Gasteiger partial charge in [0.1, 0.15) is 0 Å². The largest absolute Gasteiger partial charge is 0.271 e. The number of halogens is 8. The molecule has 9 rings (SSSR count). The van der Waals surface area contributed by atoms with E-state index >= 15 is 0 Å². The van der Waals surface area contributed by atoms with Gasteiger partial charge >= 0.3 is 0 Å². The molecule has 2 aliphatic carbocycles. The Balaban J connectivity index is 1.48. The highest BCUT2D eigenvalue weighted by Crippen LogP contribution is 2.59. The van der Waals surface area contributed by atoms with Gasteiger partial charge in [0.15, 0.2) is 0 Å². The second-order valence-corrected chi connectivity index (χ2v) is 19.9. The average Bonchev–Trinajstić information content (AvgIpc) is 3.10. The third kappa shape index (κ3) is 4.48. The van der Waals surface area contributed by atoms with Crippen LogP contribution in [0, 0.1) is 0 Å². The zero-order valence-corrected chi connectivity index (χ0v) is 38.5. The Labute approximate surface area is 353 Å². The minimum atomic E-state index is -0.316. The zero-order valence-electron chi connectivity index (χ0n) is 25.8. The number of hydrogen-bond donors (Lipinski definition) is 0. The molecule has 6 nitrogen and oxygen atoms in total. The summed E-state index contributed by atoms with van der Waals surface area (Å²) in [6.45, 7) is 0. The molecular formula is C36H22Br8N2O4. The third-order valence-electron chi connectivity index (χ3n) is 11.1. The predicted molar refractivity (Wildman–Crippen MR) is 224 cm³/mol. The van der Waals surface area contributed by atoms with Gasteiger partial charge in [0.25, 0.3) is 23.6 Å². The highest BCUT2D eigenvalue weighted by Gasteiger charge is 2.46. The molecule has 0 aromatic heterocycles. The normalized spacial score (nSPS) is 19.1. The zero-order chi connectivity index (χ0) is 35.2. The molecule has 2 heterocycles. The first-order chi connectivity index (χ1) is 23.9. The van der Waals surface area contributed by atoms with Crippen molar-refractivity contribution in [2.45, 2.75) is 76.3 Å². The highest BCUT2D eigenvalue weighted by molar-refractivity contribution is 9.14. The van der Waals surface area contributed by atoms with Gasteiger partial charge in [-0.05, 0) is 153 Å². The van der Waals surface area contributed by atoms with Gasteiger partial charge in [-0.3, -0.25) is 29.0 Å². The van der Waals surface area contributed by atoms with E-state index in [0.717, 1.165) is 96.5 Å². The van der Waals surface area contributed by atoms with Crippen LogP contribution in [0.4, 0.5) is 0 Å². The van der Waals surface area contributed by atoms with E-state index in [1.807, 2.05) is 0 Å². The fourth-order valence-corrected chi connectivity index (χ4v) is 13.6. The van der Waals surface area contributed by atoms with Gasteiger partial charge in [0.2, 0.25) is 0 Å². The minimum Gasteiger partial charge on any atom is -0.271 e. The fraction of sp³-hybridized carbons (Fsp3) is 0.333. The van der Waals surface area contributed by atoms with Crippen LogP contribution in [0.2, 0.25) is 0 Å². The average molecular weight is 1190 g/mol. The molecule has 5 aromatic rings. The molecule has 50 heavy (non-hydrogen) atoms. The van der Waals surface area contributed by atoms with E-state index in [9.17, 15) is 19.2 Å². The second kappa shape index (κ2) is 12.5. The van der Waals surface area contributed by atoms with Crippen LogP contribution in [0.3, 0.4) is 0 Å². The topological polar surface area (TPSA) is 74.8 Å². The molecule has 2 fully saturated rings. The van der Waals surface area contributed by atoms with Crippen LogP contribution in [-0.4, -0.2) is 45.5 Å². The number of carbonyl (C=O) groups excluding carboxylic acids is 4. The van der Waals surface area contributed by atoms with E-state index in [4.69, 9.17) is 0 Å². The van der Waals surface area contributed by atoms with Crippen molar-refractivity contribution in [3.63, 3.8) is 0 Å². The van der Waals surface area contributed by atoms with Crippen LogP contribution in [0.25, 0.3) is 43.1 Å². The van der Waals surface area contributed by atoms with Crippen LogP contribution in [0.5, 0.6) is 0 Å². The Bertz CT molecular complexity index is 2170. The first-order valence-corrected chi connectivity index (χ1v) is 22.7. The summed E-state index contributed by atoms with van der Waals surface area (Å²) < 4.78 is 4.73. The van der Waals surface area contributed by atoms with Gasteiger partial charge in [0.05, 0.1) is 22.3 Å². The second-order valence-electron chi connectivity index (χ2n) is 13.6. The molecule has 2 saturated carbocycles. The van der Waals surface area contributed by atoms with Crippen LogP contribution in [-0.2, 0) is 0 Å². The molecule has 0 atom stereocenters. The quantitative estimate of drug-likeness (QED) is 0.100. The summed E-state index contributed by atoms with van der Waals surface area (Å²) in [5.74, 6) is -1.26. The Morgan fingerprint density at radius 3 is 0.800 bits per heavy atom. The molecule has 0 N–H and O–H groups in total. The first kappa shape index (κ1) is 35.2. The molecule has 4 aliphatic rings. The predicted octanol–water partition coefficient (Wildman–Crippen LogP) is 13.7. The molecular weight excluding hydrogens is 1160 g/mol. The molecule has 256 valence electrons. The van der Waals surface area contributed by atoms with Crippen molar-refractivity contribution in [1.29, 1.82) is 0 Å².